The van der Waals surface area contributed by atoms with Gasteiger partial charge in [-0.2, -0.15) is 0 Å². The number of ether oxygens (including phenoxy) is 2. The topological polar surface area (TPSA) is 103 Å². The molecule has 8 nitrogen and oxygen atoms in total. The Labute approximate surface area is 233 Å². The largest absolute Gasteiger partial charge is 0.490 e. The molecule has 4 rings (SSSR count). The molecule has 37 heavy (non-hydrogen) atoms. The number of nitrogens with one attached hydrogen (secondary N) is 2. The molecule has 3 aromatic rings. The minimum Gasteiger partial charge on any atom is -0.490 e. The van der Waals surface area contributed by atoms with Crippen LogP contribution in [-0.4, -0.2) is 22.9 Å². The van der Waals surface area contributed by atoms with E-state index in [9.17, 15) is 14.9 Å². The lowest BCUT2D eigenvalue weighted by atomic mass is 10.1. The van der Waals surface area contributed by atoms with Gasteiger partial charge >= 0.3 is 0 Å². The molecule has 1 amide bonds. The molecule has 1 atom stereocenters. The summed E-state index contributed by atoms with van der Waals surface area (Å²) < 4.78 is 12.7. The number of carbonyl (C=O) groups is 1. The summed E-state index contributed by atoms with van der Waals surface area (Å²) >= 11 is 3.61. The van der Waals surface area contributed by atoms with Crippen molar-refractivity contribution in [2.24, 2.45) is 0 Å². The fourth-order valence-electron chi connectivity index (χ4n) is 3.65. The van der Waals surface area contributed by atoms with Crippen LogP contribution in [0.25, 0.3) is 6.08 Å². The molecule has 0 spiro atoms. The van der Waals surface area contributed by atoms with E-state index in [-0.39, 0.29) is 23.7 Å². The summed E-state index contributed by atoms with van der Waals surface area (Å²) in [5.41, 5.74) is 3.60. The van der Waals surface area contributed by atoms with Crippen LogP contribution in [0.1, 0.15) is 30.5 Å². The molecule has 0 aromatic heterocycles. The summed E-state index contributed by atoms with van der Waals surface area (Å²) in [6.07, 6.45) is 2.82. The van der Waals surface area contributed by atoms with Crippen LogP contribution in [0, 0.1) is 13.7 Å². The fourth-order valence-corrected chi connectivity index (χ4v) is 5.41. The van der Waals surface area contributed by atoms with Gasteiger partial charge in [-0.3, -0.25) is 14.9 Å². The van der Waals surface area contributed by atoms with E-state index in [1.807, 2.05) is 37.3 Å². The van der Waals surface area contributed by atoms with Crippen LogP contribution in [0.4, 0.5) is 11.4 Å². The van der Waals surface area contributed by atoms with Crippen molar-refractivity contribution in [3.05, 3.63) is 95.9 Å². The minimum absolute atomic E-state index is 0.0337. The Bertz CT molecular complexity index is 1310. The smallest absolute Gasteiger partial charge is 0.269 e. The normalized spacial score (nSPS) is 15.9. The second kappa shape index (κ2) is 12.3. The van der Waals surface area contributed by atoms with E-state index < -0.39 is 4.92 Å². The van der Waals surface area contributed by atoms with Gasteiger partial charge in [-0.1, -0.05) is 30.8 Å². The summed E-state index contributed by atoms with van der Waals surface area (Å²) in [7, 11) is 0. The molecule has 1 saturated heterocycles. The van der Waals surface area contributed by atoms with Crippen LogP contribution in [0.5, 0.6) is 11.5 Å². The number of non-ortho nitro benzene ring substituents is 1. The Kier molecular flexibility index (Phi) is 8.93. The Balaban J connectivity index is 1.47. The van der Waals surface area contributed by atoms with Crippen molar-refractivity contribution in [3.63, 3.8) is 0 Å². The highest BCUT2D eigenvalue weighted by atomic mass is 127. The highest BCUT2D eigenvalue weighted by molar-refractivity contribution is 14.1. The van der Waals surface area contributed by atoms with Crippen molar-refractivity contribution in [2.75, 3.05) is 11.9 Å². The zero-order valence-electron chi connectivity index (χ0n) is 20.3. The summed E-state index contributed by atoms with van der Waals surface area (Å²) in [6.45, 7) is 4.69. The van der Waals surface area contributed by atoms with Gasteiger partial charge in [0.15, 0.2) is 17.0 Å². The number of nitro benzene ring substituents is 1. The van der Waals surface area contributed by atoms with Crippen molar-refractivity contribution >= 4 is 57.7 Å². The van der Waals surface area contributed by atoms with Gasteiger partial charge in [0.2, 0.25) is 0 Å². The number of anilines is 1. The van der Waals surface area contributed by atoms with Gasteiger partial charge in [0.1, 0.15) is 6.61 Å². The molecule has 3 aromatic carbocycles. The minimum atomic E-state index is -0.432. The van der Waals surface area contributed by atoms with E-state index >= 15 is 0 Å². The first-order chi connectivity index (χ1) is 17.9. The predicted molar refractivity (Wildman–Crippen MR) is 155 cm³/mol. The lowest BCUT2D eigenvalue weighted by Gasteiger charge is -2.15. The lowest BCUT2D eigenvalue weighted by molar-refractivity contribution is -0.384. The molecular formula is C27H26IN3O5S. The van der Waals surface area contributed by atoms with Crippen LogP contribution >= 0.6 is 34.4 Å². The number of rotatable bonds is 10. The van der Waals surface area contributed by atoms with Crippen molar-refractivity contribution in [2.45, 2.75) is 32.4 Å². The van der Waals surface area contributed by atoms with Gasteiger partial charge in [0, 0.05) is 17.8 Å². The van der Waals surface area contributed by atoms with Crippen molar-refractivity contribution in [1.82, 2.24) is 5.32 Å². The van der Waals surface area contributed by atoms with E-state index in [1.54, 1.807) is 12.1 Å². The third-order valence-corrected chi connectivity index (χ3v) is 7.38. The summed E-state index contributed by atoms with van der Waals surface area (Å²) in [5, 5.41) is 17.2. The number of amides is 1. The van der Waals surface area contributed by atoms with Crippen LogP contribution in [0.15, 0.2) is 65.6 Å². The van der Waals surface area contributed by atoms with E-state index in [0.717, 1.165) is 26.8 Å². The van der Waals surface area contributed by atoms with Gasteiger partial charge in [-0.15, -0.1) is 0 Å². The Morgan fingerprint density at radius 1 is 1.08 bits per heavy atom. The monoisotopic (exact) mass is 631 g/mol. The van der Waals surface area contributed by atoms with Crippen molar-refractivity contribution in [3.8, 4) is 11.5 Å². The average molecular weight is 631 g/mol. The maximum absolute atomic E-state index is 12.6. The standard InChI is InChI=1S/C27H26IN3O5S/c1-3-17-5-9-20(10-6-17)29-27-30-26(32)24(37-27)15-19-13-22(28)25(23(14-19)35-4-2)36-16-18-7-11-21(12-8-18)31(33)34/h5-15,27,29H,3-4,16H2,1-2H3,(H,30,32)/b24-15-/t27-/m1/s1. The number of carbonyl (C=O) groups excluding carboxylic acids is 1. The van der Waals surface area contributed by atoms with Gasteiger partial charge in [-0.05, 0) is 95.1 Å². The Morgan fingerprint density at radius 3 is 2.43 bits per heavy atom. The molecule has 1 heterocycles. The van der Waals surface area contributed by atoms with E-state index in [1.165, 1.54) is 29.5 Å². The second-order valence-corrected chi connectivity index (χ2v) is 10.5. The first kappa shape index (κ1) is 26.8. The molecule has 0 radical (unpaired) electrons. The van der Waals surface area contributed by atoms with E-state index in [4.69, 9.17) is 9.47 Å². The summed E-state index contributed by atoms with van der Waals surface area (Å²) in [6, 6.07) is 18.2. The number of nitrogens with zero attached hydrogens (tertiary/aromatic N) is 1. The van der Waals surface area contributed by atoms with Crippen molar-refractivity contribution < 1.29 is 19.2 Å². The first-order valence-corrected chi connectivity index (χ1v) is 13.7. The molecule has 10 heteroatoms. The quantitative estimate of drug-likeness (QED) is 0.117. The molecule has 1 fully saturated rings. The predicted octanol–water partition coefficient (Wildman–Crippen LogP) is 6.34. The molecule has 1 aliphatic rings. The second-order valence-electron chi connectivity index (χ2n) is 8.15. The Hall–Kier alpha value is -3.25. The van der Waals surface area contributed by atoms with Gasteiger partial charge in [0.05, 0.1) is 20.0 Å². The third-order valence-electron chi connectivity index (χ3n) is 5.55. The van der Waals surface area contributed by atoms with Gasteiger partial charge in [0.25, 0.3) is 11.6 Å². The lowest BCUT2D eigenvalue weighted by Crippen LogP contribution is -2.30. The maximum Gasteiger partial charge on any atom is 0.269 e. The number of thioether (sulfide) groups is 1. The molecule has 1 aliphatic heterocycles. The highest BCUT2D eigenvalue weighted by Crippen LogP contribution is 2.37. The number of hydrogen-bond acceptors (Lipinski definition) is 7. The van der Waals surface area contributed by atoms with Crippen LogP contribution in [0.3, 0.4) is 0 Å². The summed E-state index contributed by atoms with van der Waals surface area (Å²) in [5.74, 6) is 1.01. The molecule has 0 unspecified atom stereocenters. The zero-order chi connectivity index (χ0) is 26.4. The summed E-state index contributed by atoms with van der Waals surface area (Å²) in [4.78, 5) is 23.7. The fraction of sp³-hybridized carbons (Fsp3) is 0.222. The number of halogens is 1. The van der Waals surface area contributed by atoms with Crippen LogP contribution < -0.4 is 20.1 Å². The molecule has 0 bridgehead atoms. The van der Waals surface area contributed by atoms with E-state index in [2.05, 4.69) is 52.3 Å². The number of hydrogen-bond donors (Lipinski definition) is 2. The SMILES string of the molecule is CCOc1cc(/C=C2\S[C@H](Nc3ccc(CC)cc3)NC2=O)cc(I)c1OCc1ccc([N+](=O)[O-])cc1. The molecule has 192 valence electrons. The number of benzene rings is 3. The van der Waals surface area contributed by atoms with Gasteiger partial charge in [-0.25, -0.2) is 0 Å². The third kappa shape index (κ3) is 6.95. The van der Waals surface area contributed by atoms with E-state index in [0.29, 0.717) is 23.0 Å². The van der Waals surface area contributed by atoms with Crippen LogP contribution in [0.2, 0.25) is 0 Å². The maximum atomic E-state index is 12.6. The van der Waals surface area contributed by atoms with Crippen molar-refractivity contribution in [1.29, 1.82) is 0 Å². The number of aryl methyl sites for hydroxylation is 1. The zero-order valence-corrected chi connectivity index (χ0v) is 23.3. The Morgan fingerprint density at radius 2 is 1.78 bits per heavy atom. The first-order valence-electron chi connectivity index (χ1n) is 11.7. The number of nitro groups is 1. The average Bonchev–Trinajstić information content (AvgIpc) is 3.22. The molecule has 0 aliphatic carbocycles. The highest BCUT2D eigenvalue weighted by Gasteiger charge is 2.27. The molecular weight excluding hydrogens is 605 g/mol. The molecule has 2 N–H and O–H groups in total. The van der Waals surface area contributed by atoms with Crippen LogP contribution in [-0.2, 0) is 17.8 Å². The molecule has 0 saturated carbocycles. The van der Waals surface area contributed by atoms with Gasteiger partial charge < -0.3 is 20.1 Å².